The van der Waals surface area contributed by atoms with Gasteiger partial charge in [-0.05, 0) is 59.2 Å². The van der Waals surface area contributed by atoms with Gasteiger partial charge in [0.15, 0.2) is 0 Å². The highest BCUT2D eigenvalue weighted by molar-refractivity contribution is 7.92. The molecule has 1 aliphatic rings. The molecule has 0 bridgehead atoms. The Hall–Kier alpha value is -2.82. The molecule has 1 aliphatic heterocycles. The average Bonchev–Trinajstić information content (AvgIpc) is 3.15. The highest BCUT2D eigenvalue weighted by atomic mass is 35.5. The van der Waals surface area contributed by atoms with Crippen molar-refractivity contribution in [2.45, 2.75) is 17.7 Å². The lowest BCUT2D eigenvalue weighted by atomic mass is 9.89. The smallest absolute Gasteiger partial charge is 0.264 e. The quantitative estimate of drug-likeness (QED) is 0.389. The van der Waals surface area contributed by atoms with E-state index >= 15 is 0 Å². The number of benzene rings is 4. The Balaban J connectivity index is 1.73. The van der Waals surface area contributed by atoms with Crippen molar-refractivity contribution in [1.82, 2.24) is 0 Å². The van der Waals surface area contributed by atoms with Crippen molar-refractivity contribution in [3.8, 4) is 0 Å². The van der Waals surface area contributed by atoms with E-state index in [1.165, 1.54) is 0 Å². The molecule has 5 rings (SSSR count). The van der Waals surface area contributed by atoms with Crippen LogP contribution in [0.4, 0.5) is 5.69 Å². The maximum absolute atomic E-state index is 13.6. The largest absolute Gasteiger partial charge is 0.265 e. The Morgan fingerprint density at radius 3 is 2.37 bits per heavy atom. The third-order valence-corrected chi connectivity index (χ3v) is 7.81. The standard InChI is InChI=1S/C25H20ClNO2S/c1-17-7-11-21(12-8-17)30(28,29)27-16-23(18-5-3-2-4-6-18)25-22-13-10-20(26)15-19(22)9-14-24(25)27/h2-15,23H,16H2,1H3. The molecule has 4 aromatic carbocycles. The molecule has 0 fully saturated rings. The molecule has 0 saturated carbocycles. The maximum Gasteiger partial charge on any atom is 0.264 e. The maximum atomic E-state index is 13.6. The van der Waals surface area contributed by atoms with Crippen LogP contribution in [0.1, 0.15) is 22.6 Å². The average molecular weight is 434 g/mol. The second kappa shape index (κ2) is 7.15. The Labute approximate surface area is 181 Å². The molecule has 1 heterocycles. The zero-order valence-electron chi connectivity index (χ0n) is 16.4. The first-order valence-corrected chi connectivity index (χ1v) is 11.6. The van der Waals surface area contributed by atoms with E-state index in [-0.39, 0.29) is 5.92 Å². The van der Waals surface area contributed by atoms with Gasteiger partial charge in [0.25, 0.3) is 10.0 Å². The Bertz CT molecular complexity index is 1350. The molecule has 0 spiro atoms. The predicted octanol–water partition coefficient (Wildman–Crippen LogP) is 6.14. The van der Waals surface area contributed by atoms with Crippen molar-refractivity contribution < 1.29 is 8.42 Å². The van der Waals surface area contributed by atoms with Gasteiger partial charge in [0, 0.05) is 17.5 Å². The van der Waals surface area contributed by atoms with Gasteiger partial charge in [-0.25, -0.2) is 8.42 Å². The molecular weight excluding hydrogens is 414 g/mol. The van der Waals surface area contributed by atoms with Crippen molar-refractivity contribution in [3.63, 3.8) is 0 Å². The third kappa shape index (κ3) is 3.08. The van der Waals surface area contributed by atoms with Gasteiger partial charge >= 0.3 is 0 Å². The molecule has 0 saturated heterocycles. The lowest BCUT2D eigenvalue weighted by Gasteiger charge is -2.20. The molecule has 0 aliphatic carbocycles. The van der Waals surface area contributed by atoms with E-state index in [1.54, 1.807) is 16.4 Å². The summed E-state index contributed by atoms with van der Waals surface area (Å²) < 4.78 is 28.7. The van der Waals surface area contributed by atoms with Gasteiger partial charge in [-0.15, -0.1) is 0 Å². The Morgan fingerprint density at radius 2 is 1.63 bits per heavy atom. The molecule has 3 nitrogen and oxygen atoms in total. The molecular formula is C25H20ClNO2S. The second-order valence-corrected chi connectivity index (χ2v) is 9.98. The van der Waals surface area contributed by atoms with Crippen LogP contribution in [-0.2, 0) is 10.0 Å². The normalized spacial score (nSPS) is 16.1. The third-order valence-electron chi connectivity index (χ3n) is 5.78. The number of sulfonamides is 1. The molecule has 0 aromatic heterocycles. The first-order chi connectivity index (χ1) is 14.4. The number of aryl methyl sites for hydroxylation is 1. The summed E-state index contributed by atoms with van der Waals surface area (Å²) in [5.41, 5.74) is 3.90. The monoisotopic (exact) mass is 433 g/mol. The molecule has 0 N–H and O–H groups in total. The van der Waals surface area contributed by atoms with E-state index in [2.05, 4.69) is 12.1 Å². The number of nitrogens with zero attached hydrogens (tertiary/aromatic N) is 1. The van der Waals surface area contributed by atoms with Crippen LogP contribution in [0.25, 0.3) is 10.8 Å². The predicted molar refractivity (Wildman–Crippen MR) is 123 cm³/mol. The van der Waals surface area contributed by atoms with Crippen LogP contribution in [0.15, 0.2) is 89.8 Å². The van der Waals surface area contributed by atoms with Crippen molar-refractivity contribution in [2.75, 3.05) is 10.8 Å². The fraction of sp³-hybridized carbons (Fsp3) is 0.120. The fourth-order valence-electron chi connectivity index (χ4n) is 4.27. The van der Waals surface area contributed by atoms with E-state index in [4.69, 9.17) is 11.6 Å². The highest BCUT2D eigenvalue weighted by Gasteiger charge is 2.38. The summed E-state index contributed by atoms with van der Waals surface area (Å²) >= 11 is 6.21. The van der Waals surface area contributed by atoms with Crippen LogP contribution in [-0.4, -0.2) is 15.0 Å². The van der Waals surface area contributed by atoms with Crippen LogP contribution in [0.3, 0.4) is 0 Å². The molecule has 1 atom stereocenters. The summed E-state index contributed by atoms with van der Waals surface area (Å²) in [6.07, 6.45) is 0. The van der Waals surface area contributed by atoms with Gasteiger partial charge in [-0.3, -0.25) is 4.31 Å². The lowest BCUT2D eigenvalue weighted by molar-refractivity contribution is 0.591. The van der Waals surface area contributed by atoms with Gasteiger partial charge < -0.3 is 0 Å². The number of fused-ring (bicyclic) bond motifs is 3. The van der Waals surface area contributed by atoms with E-state index < -0.39 is 10.0 Å². The zero-order chi connectivity index (χ0) is 20.9. The summed E-state index contributed by atoms with van der Waals surface area (Å²) in [6.45, 7) is 2.32. The van der Waals surface area contributed by atoms with Gasteiger partial charge in [0.1, 0.15) is 0 Å². The van der Waals surface area contributed by atoms with E-state index in [9.17, 15) is 8.42 Å². The zero-order valence-corrected chi connectivity index (χ0v) is 18.0. The first kappa shape index (κ1) is 19.2. The highest BCUT2D eigenvalue weighted by Crippen LogP contribution is 2.46. The minimum absolute atomic E-state index is 0.0497. The van der Waals surface area contributed by atoms with Gasteiger partial charge in [0.05, 0.1) is 10.6 Å². The molecule has 4 aromatic rings. The first-order valence-electron chi connectivity index (χ1n) is 9.82. The summed E-state index contributed by atoms with van der Waals surface area (Å²) in [4.78, 5) is 0.309. The minimum atomic E-state index is -3.68. The molecule has 0 radical (unpaired) electrons. The number of hydrogen-bond donors (Lipinski definition) is 0. The second-order valence-electron chi connectivity index (χ2n) is 7.68. The summed E-state index contributed by atoms with van der Waals surface area (Å²) in [6, 6.07) is 26.8. The van der Waals surface area contributed by atoms with Crippen molar-refractivity contribution in [1.29, 1.82) is 0 Å². The molecule has 30 heavy (non-hydrogen) atoms. The fourth-order valence-corrected chi connectivity index (χ4v) is 5.95. The summed E-state index contributed by atoms with van der Waals surface area (Å²) in [5, 5.41) is 2.71. The van der Waals surface area contributed by atoms with Crippen molar-refractivity contribution >= 4 is 38.1 Å². The molecule has 0 amide bonds. The van der Waals surface area contributed by atoms with Gasteiger partial charge in [-0.1, -0.05) is 71.8 Å². The van der Waals surface area contributed by atoms with Gasteiger partial charge in [0.2, 0.25) is 0 Å². The van der Waals surface area contributed by atoms with Crippen LogP contribution >= 0.6 is 11.6 Å². The van der Waals surface area contributed by atoms with E-state index in [1.807, 2.05) is 67.6 Å². The Morgan fingerprint density at radius 1 is 0.900 bits per heavy atom. The molecule has 150 valence electrons. The number of rotatable bonds is 3. The van der Waals surface area contributed by atoms with Gasteiger partial charge in [-0.2, -0.15) is 0 Å². The van der Waals surface area contributed by atoms with E-state index in [0.717, 1.165) is 33.2 Å². The summed E-state index contributed by atoms with van der Waals surface area (Å²) in [5.74, 6) is -0.0497. The molecule has 5 heteroatoms. The lowest BCUT2D eigenvalue weighted by Crippen LogP contribution is -2.30. The number of hydrogen-bond acceptors (Lipinski definition) is 2. The minimum Gasteiger partial charge on any atom is -0.265 e. The van der Waals surface area contributed by atoms with Crippen molar-refractivity contribution in [2.24, 2.45) is 0 Å². The van der Waals surface area contributed by atoms with Crippen molar-refractivity contribution in [3.05, 3.63) is 107 Å². The van der Waals surface area contributed by atoms with Crippen LogP contribution in [0, 0.1) is 6.92 Å². The summed E-state index contributed by atoms with van der Waals surface area (Å²) in [7, 11) is -3.68. The van der Waals surface area contributed by atoms with E-state index in [0.29, 0.717) is 16.5 Å². The van der Waals surface area contributed by atoms with Crippen LogP contribution in [0.2, 0.25) is 5.02 Å². The van der Waals surface area contributed by atoms with Crippen LogP contribution < -0.4 is 4.31 Å². The molecule has 1 unspecified atom stereocenters. The SMILES string of the molecule is Cc1ccc(S(=O)(=O)N2CC(c3ccccc3)c3c2ccc2cc(Cl)ccc32)cc1. The van der Waals surface area contributed by atoms with Crippen LogP contribution in [0.5, 0.6) is 0 Å². The topological polar surface area (TPSA) is 37.4 Å². The Kier molecular flexibility index (Phi) is 4.57. The number of halogens is 1. The number of anilines is 1.